The topological polar surface area (TPSA) is 170 Å². The van der Waals surface area contributed by atoms with Crippen LogP contribution in [-0.4, -0.2) is 67.7 Å². The molecule has 1 saturated carbocycles. The number of amides is 1. The summed E-state index contributed by atoms with van der Waals surface area (Å²) < 4.78 is 13.7. The Balaban J connectivity index is 1.22. The number of hydrogen-bond acceptors (Lipinski definition) is 11. The van der Waals surface area contributed by atoms with E-state index in [1.807, 2.05) is 42.6 Å². The molecule has 0 radical (unpaired) electrons. The van der Waals surface area contributed by atoms with Crippen molar-refractivity contribution in [1.29, 1.82) is 5.26 Å². The van der Waals surface area contributed by atoms with E-state index in [0.717, 1.165) is 36.9 Å². The predicted molar refractivity (Wildman–Crippen MR) is 146 cm³/mol. The van der Waals surface area contributed by atoms with Gasteiger partial charge in [-0.3, -0.25) is 4.79 Å². The molecule has 3 N–H and O–H groups in total. The Morgan fingerprint density at radius 2 is 2.00 bits per heavy atom. The highest BCUT2D eigenvalue weighted by Gasteiger charge is 2.44. The number of pyridine rings is 1. The lowest BCUT2D eigenvalue weighted by molar-refractivity contribution is 0.0930. The number of aryl methyl sites for hydroxylation is 1. The fourth-order valence-corrected chi connectivity index (χ4v) is 4.40. The van der Waals surface area contributed by atoms with Gasteiger partial charge in [-0.25, -0.2) is 9.97 Å². The molecule has 0 atom stereocenters. The number of nitrogens with zero attached hydrogens (tertiary/aromatic N) is 8. The average molecular weight is 547 g/mol. The van der Waals surface area contributed by atoms with Gasteiger partial charge in [0.1, 0.15) is 6.61 Å². The molecule has 1 aliphatic carbocycles. The molecule has 2 aliphatic rings. The first-order valence-electron chi connectivity index (χ1n) is 13.5. The summed E-state index contributed by atoms with van der Waals surface area (Å²) in [6.07, 6.45) is 8.57. The summed E-state index contributed by atoms with van der Waals surface area (Å²) in [5, 5.41) is 12.2. The largest absolute Gasteiger partial charge is 0.489 e. The first kappa shape index (κ1) is 27.1. The highest BCUT2D eigenvalue weighted by molar-refractivity contribution is 5.90. The third-order valence-corrected chi connectivity index (χ3v) is 7.05. The number of carbonyl (C=O) groups excluding carboxylic acids is 1. The molecule has 13 heteroatoms. The smallest absolute Gasteiger partial charge is 0.322 e. The number of nitrogen functional groups attached to an aromatic ring is 1. The number of anilines is 2. The van der Waals surface area contributed by atoms with Crippen LogP contribution in [0.1, 0.15) is 50.1 Å². The third-order valence-electron chi connectivity index (χ3n) is 7.05. The number of imidazole rings is 1. The maximum absolute atomic E-state index is 12.7. The van der Waals surface area contributed by atoms with E-state index in [4.69, 9.17) is 15.2 Å². The Morgan fingerprint density at radius 3 is 2.65 bits per heavy atom. The van der Waals surface area contributed by atoms with Crippen molar-refractivity contribution < 1.29 is 14.3 Å². The van der Waals surface area contributed by atoms with Gasteiger partial charge in [0.05, 0.1) is 30.1 Å². The van der Waals surface area contributed by atoms with Crippen molar-refractivity contribution in [2.75, 3.05) is 36.9 Å². The van der Waals surface area contributed by atoms with Crippen LogP contribution in [0.15, 0.2) is 24.8 Å². The van der Waals surface area contributed by atoms with E-state index in [1.165, 1.54) is 0 Å². The summed E-state index contributed by atoms with van der Waals surface area (Å²) in [6, 6.07) is 4.15. The summed E-state index contributed by atoms with van der Waals surface area (Å²) in [5.74, 6) is 1.16. The molecule has 3 aromatic rings. The lowest BCUT2D eigenvalue weighted by Gasteiger charge is -2.32. The number of piperidine rings is 1. The van der Waals surface area contributed by atoms with Crippen molar-refractivity contribution >= 4 is 17.7 Å². The van der Waals surface area contributed by atoms with Gasteiger partial charge in [0.25, 0.3) is 5.91 Å². The van der Waals surface area contributed by atoms with E-state index in [1.54, 1.807) is 12.5 Å². The van der Waals surface area contributed by atoms with Crippen molar-refractivity contribution in [3.8, 4) is 29.1 Å². The molecule has 1 saturated heterocycles. The lowest BCUT2D eigenvalue weighted by Crippen LogP contribution is -2.38. The van der Waals surface area contributed by atoms with Gasteiger partial charge in [0.15, 0.2) is 11.6 Å². The van der Waals surface area contributed by atoms with Crippen LogP contribution in [0.3, 0.4) is 0 Å². The summed E-state index contributed by atoms with van der Waals surface area (Å²) >= 11 is 0. The van der Waals surface area contributed by atoms with Crippen molar-refractivity contribution in [2.24, 2.45) is 18.4 Å². The van der Waals surface area contributed by atoms with E-state index < -0.39 is 11.3 Å². The van der Waals surface area contributed by atoms with Crippen LogP contribution in [0, 0.1) is 22.7 Å². The van der Waals surface area contributed by atoms with Crippen LogP contribution in [0.2, 0.25) is 0 Å². The quantitative estimate of drug-likeness (QED) is 0.382. The van der Waals surface area contributed by atoms with Crippen LogP contribution in [0.25, 0.3) is 11.3 Å². The van der Waals surface area contributed by atoms with Crippen LogP contribution < -0.4 is 25.4 Å². The molecule has 1 amide bonds. The standard InChI is InChI=1S/C27H34N10O3/c1-17(2)32-24(38)23-33-25(35-26(34-23)40-15-27(14-28)6-7-27)37-8-4-18(5-9-37)13-39-21-10-19(11-30-22(21)29)20-12-36(3)16-31-20/h10-12,16-18H,4-9,13,15H2,1-3H3,(H2,29,30)(H,32,38). The van der Waals surface area contributed by atoms with Gasteiger partial charge >= 0.3 is 6.01 Å². The van der Waals surface area contributed by atoms with Crippen LogP contribution >= 0.6 is 0 Å². The van der Waals surface area contributed by atoms with Gasteiger partial charge < -0.3 is 30.0 Å². The third kappa shape index (κ3) is 6.39. The summed E-state index contributed by atoms with van der Waals surface area (Å²) in [7, 11) is 1.91. The molecule has 0 spiro atoms. The minimum Gasteiger partial charge on any atom is -0.489 e. The molecule has 5 rings (SSSR count). The minimum atomic E-state index is -0.485. The predicted octanol–water partition coefficient (Wildman–Crippen LogP) is 2.37. The summed E-state index contributed by atoms with van der Waals surface area (Å²) in [5.41, 5.74) is 7.24. The second kappa shape index (κ2) is 11.3. The van der Waals surface area contributed by atoms with Gasteiger partial charge in [0.2, 0.25) is 11.8 Å². The molecule has 3 aromatic heterocycles. The van der Waals surface area contributed by atoms with E-state index in [2.05, 4.69) is 36.3 Å². The molecule has 40 heavy (non-hydrogen) atoms. The molecule has 0 bridgehead atoms. The maximum atomic E-state index is 12.7. The molecule has 0 aromatic carbocycles. The number of nitrogens with two attached hydrogens (primary N) is 1. The zero-order chi connectivity index (χ0) is 28.3. The van der Waals surface area contributed by atoms with E-state index in [-0.39, 0.29) is 24.5 Å². The Hall–Kier alpha value is -4.47. The van der Waals surface area contributed by atoms with Gasteiger partial charge in [-0.2, -0.15) is 20.2 Å². The zero-order valence-electron chi connectivity index (χ0n) is 23.0. The van der Waals surface area contributed by atoms with Crippen LogP contribution in [0.5, 0.6) is 11.8 Å². The zero-order valence-corrected chi connectivity index (χ0v) is 23.0. The Morgan fingerprint density at radius 1 is 1.23 bits per heavy atom. The molecule has 1 aliphatic heterocycles. The lowest BCUT2D eigenvalue weighted by atomic mass is 9.98. The number of nitriles is 1. The summed E-state index contributed by atoms with van der Waals surface area (Å²) in [6.45, 7) is 5.77. The molecule has 210 valence electrons. The molecular formula is C27H34N10O3. The number of carbonyl (C=O) groups is 1. The number of nitrogens with one attached hydrogen (secondary N) is 1. The molecule has 2 fully saturated rings. The minimum absolute atomic E-state index is 0.00303. The highest BCUT2D eigenvalue weighted by atomic mass is 16.5. The first-order chi connectivity index (χ1) is 19.2. The second-order valence-electron chi connectivity index (χ2n) is 10.8. The number of aromatic nitrogens is 6. The Labute approximate surface area is 232 Å². The van der Waals surface area contributed by atoms with Crippen molar-refractivity contribution in [1.82, 2.24) is 34.8 Å². The SMILES string of the molecule is CC(C)NC(=O)c1nc(OCC2(C#N)CC2)nc(N2CCC(COc3cc(-c4cn(C)cn4)cnc3N)CC2)n1. The second-order valence-corrected chi connectivity index (χ2v) is 10.8. The fraction of sp³-hybridized carbons (Fsp3) is 0.519. The van der Waals surface area contributed by atoms with Crippen LogP contribution in [0.4, 0.5) is 11.8 Å². The fourth-order valence-electron chi connectivity index (χ4n) is 4.40. The number of hydrogen-bond donors (Lipinski definition) is 2. The molecule has 4 heterocycles. The van der Waals surface area contributed by atoms with Crippen molar-refractivity contribution in [2.45, 2.75) is 45.6 Å². The van der Waals surface area contributed by atoms with Crippen molar-refractivity contribution in [3.05, 3.63) is 30.6 Å². The Kier molecular flexibility index (Phi) is 7.68. The van der Waals surface area contributed by atoms with Crippen molar-refractivity contribution in [3.63, 3.8) is 0 Å². The molecular weight excluding hydrogens is 512 g/mol. The van der Waals surface area contributed by atoms with Gasteiger partial charge in [-0.1, -0.05) is 0 Å². The number of ether oxygens (including phenoxy) is 2. The van der Waals surface area contributed by atoms with Gasteiger partial charge in [-0.05, 0) is 51.5 Å². The molecule has 0 unspecified atom stereocenters. The van der Waals surface area contributed by atoms with Gasteiger partial charge in [0, 0.05) is 44.1 Å². The average Bonchev–Trinajstić information content (AvgIpc) is 3.61. The highest BCUT2D eigenvalue weighted by Crippen LogP contribution is 2.44. The first-order valence-corrected chi connectivity index (χ1v) is 13.5. The normalized spacial score (nSPS) is 16.4. The monoisotopic (exact) mass is 546 g/mol. The van der Waals surface area contributed by atoms with Crippen LogP contribution in [-0.2, 0) is 7.05 Å². The van der Waals surface area contributed by atoms with E-state index in [9.17, 15) is 10.1 Å². The maximum Gasteiger partial charge on any atom is 0.322 e. The summed E-state index contributed by atoms with van der Waals surface area (Å²) in [4.78, 5) is 36.5. The molecule has 13 nitrogen and oxygen atoms in total. The number of rotatable bonds is 10. The Bertz CT molecular complexity index is 1400. The van der Waals surface area contributed by atoms with E-state index >= 15 is 0 Å². The van der Waals surface area contributed by atoms with Gasteiger partial charge in [-0.15, -0.1) is 0 Å². The van der Waals surface area contributed by atoms with E-state index in [0.29, 0.717) is 43.1 Å².